The summed E-state index contributed by atoms with van der Waals surface area (Å²) < 4.78 is 0. The van der Waals surface area contributed by atoms with Crippen LogP contribution in [0.4, 0.5) is 0 Å². The highest BCUT2D eigenvalue weighted by molar-refractivity contribution is 5.65. The number of aliphatic hydroxyl groups is 1. The summed E-state index contributed by atoms with van der Waals surface area (Å²) in [4.78, 5) is 0. The van der Waals surface area contributed by atoms with E-state index in [0.717, 1.165) is 16.7 Å². The zero-order chi connectivity index (χ0) is 10.0. The summed E-state index contributed by atoms with van der Waals surface area (Å²) in [5, 5.41) is 9.64. The van der Waals surface area contributed by atoms with E-state index in [2.05, 4.69) is 19.1 Å². The second-order valence-corrected chi connectivity index (χ2v) is 3.45. The van der Waals surface area contributed by atoms with Gasteiger partial charge < -0.3 is 5.11 Å². The molecule has 13 heavy (non-hydrogen) atoms. The molecule has 0 saturated heterocycles. The maximum absolute atomic E-state index is 9.64. The van der Waals surface area contributed by atoms with Crippen molar-refractivity contribution in [2.24, 2.45) is 0 Å². The fraction of sp³-hybridized carbons (Fsp3) is 0.333. The molecule has 0 unspecified atom stereocenters. The third-order valence-electron chi connectivity index (χ3n) is 2.21. The third-order valence-corrected chi connectivity index (χ3v) is 2.21. The van der Waals surface area contributed by atoms with Gasteiger partial charge in [0.25, 0.3) is 0 Å². The number of rotatable bonds is 1. The third kappa shape index (κ3) is 1.92. The largest absolute Gasteiger partial charge is 0.508 e. The van der Waals surface area contributed by atoms with Crippen LogP contribution < -0.4 is 0 Å². The summed E-state index contributed by atoms with van der Waals surface area (Å²) in [7, 11) is 0. The molecule has 0 amide bonds. The van der Waals surface area contributed by atoms with Crippen LogP contribution in [0.25, 0.3) is 5.76 Å². The smallest absolute Gasteiger partial charge is 0.119 e. The quantitative estimate of drug-likeness (QED) is 0.649. The van der Waals surface area contributed by atoms with Crippen molar-refractivity contribution in [2.75, 3.05) is 0 Å². The van der Waals surface area contributed by atoms with Gasteiger partial charge in [-0.25, -0.2) is 0 Å². The molecule has 1 aromatic rings. The van der Waals surface area contributed by atoms with Gasteiger partial charge in [0.2, 0.25) is 0 Å². The molecule has 0 aliphatic rings. The minimum Gasteiger partial charge on any atom is -0.508 e. The average Bonchev–Trinajstić information content (AvgIpc) is 2.02. The van der Waals surface area contributed by atoms with E-state index in [4.69, 9.17) is 0 Å². The predicted octanol–water partition coefficient (Wildman–Crippen LogP) is 3.53. The molecule has 1 nitrogen and oxygen atoms in total. The Morgan fingerprint density at radius 2 is 1.62 bits per heavy atom. The normalized spacial score (nSPS) is 11.8. The Balaban J connectivity index is 3.37. The molecule has 0 aliphatic carbocycles. The number of hydrogen-bond acceptors (Lipinski definition) is 1. The lowest BCUT2D eigenvalue weighted by atomic mass is 9.98. The van der Waals surface area contributed by atoms with Gasteiger partial charge in [0, 0.05) is 5.56 Å². The lowest BCUT2D eigenvalue weighted by Crippen LogP contribution is -1.93. The van der Waals surface area contributed by atoms with E-state index in [0.29, 0.717) is 5.76 Å². The molecule has 70 valence electrons. The van der Waals surface area contributed by atoms with Crippen molar-refractivity contribution >= 4 is 5.76 Å². The van der Waals surface area contributed by atoms with E-state index >= 15 is 0 Å². The summed E-state index contributed by atoms with van der Waals surface area (Å²) in [5.74, 6) is 0.370. The highest BCUT2D eigenvalue weighted by atomic mass is 16.3. The molecule has 1 heteroatoms. The fourth-order valence-electron chi connectivity index (χ4n) is 1.73. The molecule has 0 spiro atoms. The van der Waals surface area contributed by atoms with E-state index in [1.54, 1.807) is 6.08 Å². The van der Waals surface area contributed by atoms with Crippen molar-refractivity contribution < 1.29 is 5.11 Å². The van der Waals surface area contributed by atoms with Gasteiger partial charge in [-0.05, 0) is 44.9 Å². The number of allylic oxidation sites excluding steroid dienone is 1. The Kier molecular flexibility index (Phi) is 2.76. The first-order valence-corrected chi connectivity index (χ1v) is 4.49. The van der Waals surface area contributed by atoms with E-state index in [1.165, 1.54) is 5.56 Å². The Morgan fingerprint density at radius 3 is 2.00 bits per heavy atom. The topological polar surface area (TPSA) is 20.2 Å². The highest BCUT2D eigenvalue weighted by Gasteiger charge is 2.06. The van der Waals surface area contributed by atoms with Crippen LogP contribution >= 0.6 is 0 Å². The molecule has 0 fully saturated rings. The molecular formula is C12H16O. The summed E-state index contributed by atoms with van der Waals surface area (Å²) in [6.07, 6.45) is 1.73. The van der Waals surface area contributed by atoms with Gasteiger partial charge in [0.05, 0.1) is 0 Å². The van der Waals surface area contributed by atoms with Crippen LogP contribution in [0.5, 0.6) is 0 Å². The highest BCUT2D eigenvalue weighted by Crippen LogP contribution is 2.22. The fourth-order valence-corrected chi connectivity index (χ4v) is 1.73. The molecule has 1 N–H and O–H groups in total. The Labute approximate surface area is 79.7 Å². The van der Waals surface area contributed by atoms with Crippen molar-refractivity contribution in [1.82, 2.24) is 0 Å². The monoisotopic (exact) mass is 176 g/mol. The molecule has 0 bridgehead atoms. The first-order valence-electron chi connectivity index (χ1n) is 4.49. The molecule has 0 aromatic heterocycles. The minimum atomic E-state index is 0.370. The van der Waals surface area contributed by atoms with Crippen LogP contribution in [0.3, 0.4) is 0 Å². The summed E-state index contributed by atoms with van der Waals surface area (Å²) >= 11 is 0. The molecule has 0 aliphatic heterocycles. The van der Waals surface area contributed by atoms with Gasteiger partial charge in [-0.2, -0.15) is 0 Å². The van der Waals surface area contributed by atoms with E-state index in [-0.39, 0.29) is 0 Å². The number of benzene rings is 1. The van der Waals surface area contributed by atoms with Crippen molar-refractivity contribution in [1.29, 1.82) is 0 Å². The molecule has 0 heterocycles. The molecule has 0 radical (unpaired) electrons. The van der Waals surface area contributed by atoms with Gasteiger partial charge in [-0.1, -0.05) is 17.7 Å². The number of aliphatic hydroxyl groups excluding tert-OH is 1. The SMILES string of the molecule is C/C=C(/O)c1c(C)cc(C)cc1C. The zero-order valence-corrected chi connectivity index (χ0v) is 8.68. The Bertz CT molecular complexity index is 325. The van der Waals surface area contributed by atoms with Crippen molar-refractivity contribution in [2.45, 2.75) is 27.7 Å². The summed E-state index contributed by atoms with van der Waals surface area (Å²) in [6, 6.07) is 4.17. The van der Waals surface area contributed by atoms with Crippen molar-refractivity contribution in [3.63, 3.8) is 0 Å². The molecule has 1 rings (SSSR count). The number of aryl methyl sites for hydroxylation is 3. The Hall–Kier alpha value is -1.24. The lowest BCUT2D eigenvalue weighted by Gasteiger charge is -2.09. The first-order chi connectivity index (χ1) is 6.06. The maximum Gasteiger partial charge on any atom is 0.119 e. The standard InChI is InChI=1S/C12H16O/c1-5-11(13)12-9(3)6-8(2)7-10(12)4/h5-7,13H,1-4H3/b11-5+. The lowest BCUT2D eigenvalue weighted by molar-refractivity contribution is 0.509. The summed E-state index contributed by atoms with van der Waals surface area (Å²) in [5.41, 5.74) is 4.47. The number of hydrogen-bond donors (Lipinski definition) is 1. The van der Waals surface area contributed by atoms with Crippen LogP contribution in [0, 0.1) is 20.8 Å². The molecular weight excluding hydrogens is 160 g/mol. The molecule has 0 atom stereocenters. The van der Waals surface area contributed by atoms with Gasteiger partial charge in [0.1, 0.15) is 5.76 Å². The van der Waals surface area contributed by atoms with Crippen LogP contribution in [-0.2, 0) is 0 Å². The van der Waals surface area contributed by atoms with E-state index < -0.39 is 0 Å². The van der Waals surface area contributed by atoms with Gasteiger partial charge in [-0.15, -0.1) is 0 Å². The maximum atomic E-state index is 9.64. The van der Waals surface area contributed by atoms with E-state index in [9.17, 15) is 5.11 Å². The zero-order valence-electron chi connectivity index (χ0n) is 8.68. The van der Waals surface area contributed by atoms with Gasteiger partial charge in [0.15, 0.2) is 0 Å². The summed E-state index contributed by atoms with van der Waals surface area (Å²) in [6.45, 7) is 7.95. The average molecular weight is 176 g/mol. The first kappa shape index (κ1) is 9.85. The van der Waals surface area contributed by atoms with Gasteiger partial charge in [-0.3, -0.25) is 0 Å². The van der Waals surface area contributed by atoms with E-state index in [1.807, 2.05) is 20.8 Å². The van der Waals surface area contributed by atoms with Crippen LogP contribution in [0.1, 0.15) is 29.2 Å². The minimum absolute atomic E-state index is 0.370. The molecule has 1 aromatic carbocycles. The second-order valence-electron chi connectivity index (χ2n) is 3.45. The van der Waals surface area contributed by atoms with Gasteiger partial charge >= 0.3 is 0 Å². The predicted molar refractivity (Wildman–Crippen MR) is 56.9 cm³/mol. The second kappa shape index (κ2) is 3.65. The van der Waals surface area contributed by atoms with Crippen LogP contribution in [-0.4, -0.2) is 5.11 Å². The van der Waals surface area contributed by atoms with Crippen molar-refractivity contribution in [3.05, 3.63) is 40.5 Å². The van der Waals surface area contributed by atoms with Crippen LogP contribution in [0.15, 0.2) is 18.2 Å². The Morgan fingerprint density at radius 1 is 1.15 bits per heavy atom. The molecule has 0 saturated carbocycles. The van der Waals surface area contributed by atoms with Crippen LogP contribution in [0.2, 0.25) is 0 Å². The van der Waals surface area contributed by atoms with Crippen molar-refractivity contribution in [3.8, 4) is 0 Å².